The number of nitrogens with one attached hydrogen (secondary N) is 1. The minimum Gasteiger partial charge on any atom is -0.508 e. The lowest BCUT2D eigenvalue weighted by Crippen LogP contribution is -1.95. The molecular weight excluding hydrogens is 311 g/mol. The van der Waals surface area contributed by atoms with Gasteiger partial charge in [-0.3, -0.25) is 4.98 Å². The first-order valence-corrected chi connectivity index (χ1v) is 7.96. The zero-order valence-electron chi connectivity index (χ0n) is 12.3. The fourth-order valence-corrected chi connectivity index (χ4v) is 3.62. The SMILES string of the molecule is Cc1cc2cc3nccc(Nc4cc(O)ccc4F)c3cc2s1. The maximum Gasteiger partial charge on any atom is 0.146 e. The van der Waals surface area contributed by atoms with E-state index < -0.39 is 5.82 Å². The first kappa shape index (κ1) is 14.0. The number of aromatic hydroxyl groups is 1. The molecule has 3 nitrogen and oxygen atoms in total. The molecule has 0 amide bonds. The Bertz CT molecular complexity index is 1040. The van der Waals surface area contributed by atoms with Crippen LogP contribution < -0.4 is 5.32 Å². The van der Waals surface area contributed by atoms with Crippen molar-refractivity contribution in [3.05, 3.63) is 59.4 Å². The third-order valence-electron chi connectivity index (χ3n) is 3.72. The van der Waals surface area contributed by atoms with E-state index >= 15 is 0 Å². The summed E-state index contributed by atoms with van der Waals surface area (Å²) in [4.78, 5) is 5.64. The van der Waals surface area contributed by atoms with E-state index in [4.69, 9.17) is 0 Å². The quantitative estimate of drug-likeness (QED) is 0.523. The Hall–Kier alpha value is -2.66. The zero-order chi connectivity index (χ0) is 16.0. The van der Waals surface area contributed by atoms with E-state index in [2.05, 4.69) is 29.4 Å². The predicted octanol–water partition coefficient (Wildman–Crippen LogP) is 5.35. The molecule has 0 radical (unpaired) electrons. The van der Waals surface area contributed by atoms with Crippen molar-refractivity contribution in [3.8, 4) is 5.75 Å². The molecule has 0 saturated heterocycles. The normalized spacial score (nSPS) is 11.2. The minimum atomic E-state index is -0.416. The molecule has 0 saturated carbocycles. The van der Waals surface area contributed by atoms with Gasteiger partial charge in [-0.05, 0) is 48.7 Å². The Morgan fingerprint density at radius 2 is 1.96 bits per heavy atom. The third-order valence-corrected chi connectivity index (χ3v) is 4.74. The second-order valence-electron chi connectivity index (χ2n) is 5.41. The Balaban J connectivity index is 1.89. The van der Waals surface area contributed by atoms with E-state index in [1.165, 1.54) is 27.8 Å². The van der Waals surface area contributed by atoms with E-state index in [9.17, 15) is 9.50 Å². The van der Waals surface area contributed by atoms with Gasteiger partial charge in [-0.25, -0.2) is 4.39 Å². The van der Waals surface area contributed by atoms with Crippen molar-refractivity contribution >= 4 is 43.7 Å². The first-order chi connectivity index (χ1) is 11.1. The van der Waals surface area contributed by atoms with Gasteiger partial charge in [-0.15, -0.1) is 11.3 Å². The second kappa shape index (κ2) is 5.21. The molecule has 23 heavy (non-hydrogen) atoms. The standard InChI is InChI=1S/C18H13FN2OS/c1-10-6-11-7-16-13(9-18(11)23-10)15(4-5-20-16)21-17-8-12(22)2-3-14(17)19/h2-9,22H,1H3,(H,20,21). The lowest BCUT2D eigenvalue weighted by atomic mass is 10.1. The van der Waals surface area contributed by atoms with Crippen LogP contribution in [0.5, 0.6) is 5.75 Å². The first-order valence-electron chi connectivity index (χ1n) is 7.14. The summed E-state index contributed by atoms with van der Waals surface area (Å²) in [5.74, 6) is -0.399. The van der Waals surface area contributed by atoms with Gasteiger partial charge in [0.15, 0.2) is 0 Å². The largest absolute Gasteiger partial charge is 0.508 e. The summed E-state index contributed by atoms with van der Waals surface area (Å²) in [6.45, 7) is 2.07. The molecule has 0 spiro atoms. The monoisotopic (exact) mass is 324 g/mol. The predicted molar refractivity (Wildman–Crippen MR) is 93.2 cm³/mol. The number of thiophene rings is 1. The van der Waals surface area contributed by atoms with Gasteiger partial charge in [-0.2, -0.15) is 0 Å². The fraction of sp³-hybridized carbons (Fsp3) is 0.0556. The molecule has 5 heteroatoms. The van der Waals surface area contributed by atoms with Crippen LogP contribution in [0.3, 0.4) is 0 Å². The number of pyridine rings is 1. The molecule has 114 valence electrons. The molecule has 0 unspecified atom stereocenters. The van der Waals surface area contributed by atoms with Gasteiger partial charge >= 0.3 is 0 Å². The van der Waals surface area contributed by atoms with Crippen LogP contribution >= 0.6 is 11.3 Å². The number of phenolic OH excluding ortho intramolecular Hbond substituents is 1. The molecule has 0 atom stereocenters. The van der Waals surface area contributed by atoms with Crippen LogP contribution in [0.4, 0.5) is 15.8 Å². The van der Waals surface area contributed by atoms with Crippen LogP contribution in [0.1, 0.15) is 4.88 Å². The van der Waals surface area contributed by atoms with Gasteiger partial charge in [0.1, 0.15) is 11.6 Å². The third kappa shape index (κ3) is 2.49. The molecule has 0 fully saturated rings. The Labute approximate surface area is 136 Å². The molecule has 2 N–H and O–H groups in total. The van der Waals surface area contributed by atoms with Gasteiger partial charge in [0.25, 0.3) is 0 Å². The summed E-state index contributed by atoms with van der Waals surface area (Å²) in [5.41, 5.74) is 1.84. The molecule has 0 bridgehead atoms. The fourth-order valence-electron chi connectivity index (χ4n) is 2.68. The number of nitrogens with zero attached hydrogens (tertiary/aromatic N) is 1. The highest BCUT2D eigenvalue weighted by molar-refractivity contribution is 7.19. The topological polar surface area (TPSA) is 45.2 Å². The van der Waals surface area contributed by atoms with Crippen LogP contribution in [0.25, 0.3) is 21.0 Å². The van der Waals surface area contributed by atoms with Crippen molar-refractivity contribution in [3.63, 3.8) is 0 Å². The smallest absolute Gasteiger partial charge is 0.146 e. The average Bonchev–Trinajstić information content (AvgIpc) is 2.88. The number of hydrogen-bond acceptors (Lipinski definition) is 4. The number of hydrogen-bond donors (Lipinski definition) is 2. The lowest BCUT2D eigenvalue weighted by molar-refractivity contribution is 0.473. The van der Waals surface area contributed by atoms with E-state index in [1.54, 1.807) is 23.6 Å². The van der Waals surface area contributed by atoms with Gasteiger partial charge < -0.3 is 10.4 Å². The summed E-state index contributed by atoms with van der Waals surface area (Å²) in [6, 6.07) is 12.0. The highest BCUT2D eigenvalue weighted by Crippen LogP contribution is 2.33. The maximum atomic E-state index is 13.9. The minimum absolute atomic E-state index is 0.0172. The number of anilines is 2. The van der Waals surface area contributed by atoms with E-state index in [0.717, 1.165) is 22.0 Å². The number of halogens is 1. The van der Waals surface area contributed by atoms with Crippen LogP contribution in [0, 0.1) is 12.7 Å². The summed E-state index contributed by atoms with van der Waals surface area (Å²) in [7, 11) is 0. The van der Waals surface area contributed by atoms with Crippen molar-refractivity contribution in [1.82, 2.24) is 4.98 Å². The number of rotatable bonds is 2. The van der Waals surface area contributed by atoms with Gasteiger partial charge in [0, 0.05) is 32.9 Å². The number of benzene rings is 2. The lowest BCUT2D eigenvalue weighted by Gasteiger charge is -2.11. The van der Waals surface area contributed by atoms with E-state index in [0.29, 0.717) is 0 Å². The van der Waals surface area contributed by atoms with Gasteiger partial charge in [0.2, 0.25) is 0 Å². The summed E-state index contributed by atoms with van der Waals surface area (Å²) < 4.78 is 15.1. The van der Waals surface area contributed by atoms with Crippen LogP contribution in [0.15, 0.2) is 48.7 Å². The molecule has 2 heterocycles. The van der Waals surface area contributed by atoms with Crippen molar-refractivity contribution in [1.29, 1.82) is 0 Å². The van der Waals surface area contributed by atoms with E-state index in [1.807, 2.05) is 6.07 Å². The molecule has 4 rings (SSSR count). The van der Waals surface area contributed by atoms with E-state index in [-0.39, 0.29) is 11.4 Å². The highest BCUT2D eigenvalue weighted by Gasteiger charge is 2.09. The van der Waals surface area contributed by atoms with Gasteiger partial charge in [-0.1, -0.05) is 0 Å². The van der Waals surface area contributed by atoms with Crippen molar-refractivity contribution < 1.29 is 9.50 Å². The number of aryl methyl sites for hydroxylation is 1. The number of phenols is 1. The van der Waals surface area contributed by atoms with Crippen LogP contribution in [-0.4, -0.2) is 10.1 Å². The van der Waals surface area contributed by atoms with Crippen molar-refractivity contribution in [2.45, 2.75) is 6.92 Å². The number of fused-ring (bicyclic) bond motifs is 2. The Morgan fingerprint density at radius 1 is 1.09 bits per heavy atom. The second-order valence-corrected chi connectivity index (χ2v) is 6.70. The molecular formula is C18H13FN2OS. The van der Waals surface area contributed by atoms with Crippen molar-refractivity contribution in [2.24, 2.45) is 0 Å². The number of aromatic nitrogens is 1. The molecule has 4 aromatic rings. The molecule has 2 aromatic heterocycles. The summed E-state index contributed by atoms with van der Waals surface area (Å²) >= 11 is 1.72. The molecule has 2 aromatic carbocycles. The summed E-state index contributed by atoms with van der Waals surface area (Å²) in [6.07, 6.45) is 1.69. The molecule has 0 aliphatic rings. The van der Waals surface area contributed by atoms with Crippen LogP contribution in [-0.2, 0) is 0 Å². The maximum absolute atomic E-state index is 13.9. The molecule has 0 aliphatic heterocycles. The molecule has 0 aliphatic carbocycles. The van der Waals surface area contributed by atoms with Crippen molar-refractivity contribution in [2.75, 3.05) is 5.32 Å². The Morgan fingerprint density at radius 3 is 2.83 bits per heavy atom. The average molecular weight is 324 g/mol. The Kier molecular flexibility index (Phi) is 3.16. The summed E-state index contributed by atoms with van der Waals surface area (Å²) in [5, 5.41) is 14.7. The zero-order valence-corrected chi connectivity index (χ0v) is 13.1. The van der Waals surface area contributed by atoms with Crippen LogP contribution in [0.2, 0.25) is 0 Å². The van der Waals surface area contributed by atoms with Gasteiger partial charge in [0.05, 0.1) is 11.2 Å². The highest BCUT2D eigenvalue weighted by atomic mass is 32.1.